The van der Waals surface area contributed by atoms with E-state index in [9.17, 15) is 22.4 Å². The maximum atomic E-state index is 13.3. The van der Waals surface area contributed by atoms with Crippen LogP contribution in [0, 0.1) is 9.39 Å². The first-order valence-corrected chi connectivity index (χ1v) is 4.89. The van der Waals surface area contributed by atoms with Crippen LogP contribution in [0.1, 0.15) is 22.8 Å². The summed E-state index contributed by atoms with van der Waals surface area (Å²) in [6.45, 7) is 1.10. The van der Waals surface area contributed by atoms with Crippen molar-refractivity contribution in [2.45, 2.75) is 13.1 Å². The van der Waals surface area contributed by atoms with Gasteiger partial charge in [-0.1, -0.05) is 0 Å². The lowest BCUT2D eigenvalue weighted by Crippen LogP contribution is -2.11. The van der Waals surface area contributed by atoms with Crippen LogP contribution in [0.5, 0.6) is 0 Å². The Kier molecular flexibility index (Phi) is 3.37. The first-order valence-electron chi connectivity index (χ1n) is 3.81. The van der Waals surface area contributed by atoms with Gasteiger partial charge in [0.15, 0.2) is 5.78 Å². The molecule has 0 aliphatic rings. The molecule has 1 aromatic rings. The van der Waals surface area contributed by atoms with Crippen molar-refractivity contribution < 1.29 is 22.4 Å². The van der Waals surface area contributed by atoms with E-state index in [-0.39, 0.29) is 5.56 Å². The van der Waals surface area contributed by atoms with Crippen LogP contribution < -0.4 is 0 Å². The molecule has 0 heterocycles. The van der Waals surface area contributed by atoms with E-state index in [1.807, 2.05) is 0 Å². The lowest BCUT2D eigenvalue weighted by atomic mass is 10.1. The van der Waals surface area contributed by atoms with Gasteiger partial charge in [-0.15, -0.1) is 0 Å². The van der Waals surface area contributed by atoms with E-state index in [4.69, 9.17) is 0 Å². The summed E-state index contributed by atoms with van der Waals surface area (Å²) in [5.41, 5.74) is -1.39. The van der Waals surface area contributed by atoms with Gasteiger partial charge in [0.05, 0.1) is 14.7 Å². The molecule has 0 unspecified atom stereocenters. The molecule has 1 aromatic carbocycles. The third kappa shape index (κ3) is 2.47. The fourth-order valence-electron chi connectivity index (χ4n) is 1.04. The molecule has 15 heavy (non-hydrogen) atoms. The number of benzene rings is 1. The highest BCUT2D eigenvalue weighted by Gasteiger charge is 2.34. The molecule has 6 heteroatoms. The number of rotatable bonds is 1. The third-order valence-electron chi connectivity index (χ3n) is 1.77. The van der Waals surface area contributed by atoms with Gasteiger partial charge in [0.2, 0.25) is 0 Å². The van der Waals surface area contributed by atoms with Crippen LogP contribution in [0.3, 0.4) is 0 Å². The van der Waals surface area contributed by atoms with Crippen molar-refractivity contribution in [2.24, 2.45) is 0 Å². The normalized spacial score (nSPS) is 11.6. The molecule has 0 atom stereocenters. The molecular weight excluding hydrogens is 327 g/mol. The zero-order valence-corrected chi connectivity index (χ0v) is 9.61. The van der Waals surface area contributed by atoms with Crippen molar-refractivity contribution in [1.29, 1.82) is 0 Å². The largest absolute Gasteiger partial charge is 0.417 e. The van der Waals surface area contributed by atoms with Crippen LogP contribution >= 0.6 is 22.6 Å². The number of Topliss-reactive ketones (excluding diaryl/α,β-unsaturated/α-hetero) is 1. The Morgan fingerprint density at radius 2 is 1.87 bits per heavy atom. The average molecular weight is 332 g/mol. The summed E-state index contributed by atoms with van der Waals surface area (Å²) in [6, 6.07) is 1.56. The zero-order chi connectivity index (χ0) is 11.8. The molecule has 1 nitrogen and oxygen atoms in total. The summed E-state index contributed by atoms with van der Waals surface area (Å²) in [6.07, 6.45) is -4.60. The Bertz CT molecular complexity index is 411. The zero-order valence-electron chi connectivity index (χ0n) is 7.45. The second-order valence-electron chi connectivity index (χ2n) is 2.84. The lowest BCUT2D eigenvalue weighted by molar-refractivity contribution is -0.138. The third-order valence-corrected chi connectivity index (χ3v) is 2.82. The molecule has 0 aliphatic heterocycles. The Balaban J connectivity index is 3.41. The SMILES string of the molecule is CC(=O)c1ccc(C(F)(F)F)c(I)c1F. The minimum atomic E-state index is -4.60. The van der Waals surface area contributed by atoms with Crippen LogP contribution in [0.4, 0.5) is 17.6 Å². The first kappa shape index (κ1) is 12.4. The number of hydrogen-bond donors (Lipinski definition) is 0. The van der Waals surface area contributed by atoms with Crippen molar-refractivity contribution >= 4 is 28.4 Å². The Morgan fingerprint density at radius 3 is 2.27 bits per heavy atom. The molecular formula is C9H5F4IO. The second-order valence-corrected chi connectivity index (χ2v) is 3.92. The highest BCUT2D eigenvalue weighted by molar-refractivity contribution is 14.1. The van der Waals surface area contributed by atoms with Crippen molar-refractivity contribution in [2.75, 3.05) is 0 Å². The van der Waals surface area contributed by atoms with Gasteiger partial charge in [0.25, 0.3) is 0 Å². The Morgan fingerprint density at radius 1 is 1.33 bits per heavy atom. The second kappa shape index (κ2) is 4.07. The molecule has 1 rings (SSSR count). The molecule has 0 saturated carbocycles. The maximum Gasteiger partial charge on any atom is 0.417 e. The minimum Gasteiger partial charge on any atom is -0.294 e. The minimum absolute atomic E-state index is 0.326. The summed E-state index contributed by atoms with van der Waals surface area (Å²) in [7, 11) is 0. The number of carbonyl (C=O) groups is 1. The number of ketones is 1. The van der Waals surface area contributed by atoms with Crippen LogP contribution in [0.15, 0.2) is 12.1 Å². The van der Waals surface area contributed by atoms with Crippen molar-refractivity contribution in [3.8, 4) is 0 Å². The summed E-state index contributed by atoms with van der Waals surface area (Å²) in [5.74, 6) is -1.71. The Hall–Kier alpha value is -0.660. The monoisotopic (exact) mass is 332 g/mol. The molecule has 0 aromatic heterocycles. The quantitative estimate of drug-likeness (QED) is 0.436. The van der Waals surface area contributed by atoms with E-state index in [0.29, 0.717) is 6.07 Å². The van der Waals surface area contributed by atoms with Gasteiger partial charge in [-0.05, 0) is 41.6 Å². The fourth-order valence-corrected chi connectivity index (χ4v) is 1.82. The Labute approximate surface area is 96.6 Å². The van der Waals surface area contributed by atoms with E-state index < -0.39 is 26.9 Å². The van der Waals surface area contributed by atoms with Gasteiger partial charge in [0, 0.05) is 0 Å². The van der Waals surface area contributed by atoms with Gasteiger partial charge < -0.3 is 0 Å². The molecule has 0 N–H and O–H groups in total. The van der Waals surface area contributed by atoms with Crippen molar-refractivity contribution in [1.82, 2.24) is 0 Å². The van der Waals surface area contributed by atoms with Gasteiger partial charge >= 0.3 is 6.18 Å². The summed E-state index contributed by atoms with van der Waals surface area (Å²) in [4.78, 5) is 10.9. The first-order chi connectivity index (χ1) is 6.75. The maximum absolute atomic E-state index is 13.3. The fraction of sp³-hybridized carbons (Fsp3) is 0.222. The van der Waals surface area contributed by atoms with Crippen molar-refractivity contribution in [3.63, 3.8) is 0 Å². The molecule has 0 saturated heterocycles. The van der Waals surface area contributed by atoms with Crippen LogP contribution in [0.25, 0.3) is 0 Å². The van der Waals surface area contributed by atoms with Crippen molar-refractivity contribution in [3.05, 3.63) is 32.6 Å². The molecule has 0 bridgehead atoms. The van der Waals surface area contributed by atoms with Gasteiger partial charge in [-0.25, -0.2) is 4.39 Å². The standard InChI is InChI=1S/C9H5F4IO/c1-4(15)5-2-3-6(9(11,12)13)8(14)7(5)10/h2-3H,1H3. The van der Waals surface area contributed by atoms with E-state index in [1.54, 1.807) is 0 Å². The summed E-state index contributed by atoms with van der Waals surface area (Å²) in [5, 5.41) is 0. The number of carbonyl (C=O) groups excluding carboxylic acids is 1. The molecule has 0 amide bonds. The summed E-state index contributed by atoms with van der Waals surface area (Å²) >= 11 is 1.24. The summed E-state index contributed by atoms with van der Waals surface area (Å²) < 4.78 is 49.7. The number of alkyl halides is 3. The van der Waals surface area contributed by atoms with E-state index in [2.05, 4.69) is 0 Å². The molecule has 82 valence electrons. The number of halogens is 5. The number of hydrogen-bond acceptors (Lipinski definition) is 1. The smallest absolute Gasteiger partial charge is 0.294 e. The van der Waals surface area contributed by atoms with Crippen LogP contribution in [0.2, 0.25) is 0 Å². The molecule has 0 radical (unpaired) electrons. The van der Waals surface area contributed by atoms with Gasteiger partial charge in [-0.3, -0.25) is 4.79 Å². The predicted molar refractivity (Wildman–Crippen MR) is 54.1 cm³/mol. The van der Waals surface area contributed by atoms with Crippen LogP contribution in [-0.2, 0) is 6.18 Å². The van der Waals surface area contributed by atoms with E-state index in [0.717, 1.165) is 13.0 Å². The van der Waals surface area contributed by atoms with Gasteiger partial charge in [0.1, 0.15) is 5.82 Å². The van der Waals surface area contributed by atoms with Gasteiger partial charge in [-0.2, -0.15) is 13.2 Å². The van der Waals surface area contributed by atoms with E-state index >= 15 is 0 Å². The average Bonchev–Trinajstić information content (AvgIpc) is 2.06. The predicted octanol–water partition coefficient (Wildman–Crippen LogP) is 3.65. The molecule has 0 aliphatic carbocycles. The lowest BCUT2D eigenvalue weighted by Gasteiger charge is -2.10. The van der Waals surface area contributed by atoms with Crippen LogP contribution in [-0.4, -0.2) is 5.78 Å². The molecule has 0 spiro atoms. The van der Waals surface area contributed by atoms with E-state index in [1.165, 1.54) is 22.6 Å². The highest BCUT2D eigenvalue weighted by Crippen LogP contribution is 2.34. The topological polar surface area (TPSA) is 17.1 Å². The highest BCUT2D eigenvalue weighted by atomic mass is 127. The molecule has 0 fully saturated rings.